The zero-order chi connectivity index (χ0) is 11.2. The van der Waals surface area contributed by atoms with Gasteiger partial charge in [0.25, 0.3) is 0 Å². The minimum Gasteiger partial charge on any atom is -0.378 e. The van der Waals surface area contributed by atoms with E-state index in [9.17, 15) is 4.79 Å². The molecule has 0 spiro atoms. The molecule has 0 bridgehead atoms. The second kappa shape index (κ2) is 5.58. The number of amides is 1. The number of nitrogens with zero attached hydrogens (tertiary/aromatic N) is 1. The van der Waals surface area contributed by atoms with E-state index in [0.29, 0.717) is 13.0 Å². The SMILES string of the molecule is O=C(CC1COCCN1)Nc1ccncc1. The van der Waals surface area contributed by atoms with Crippen molar-refractivity contribution in [3.05, 3.63) is 24.5 Å². The summed E-state index contributed by atoms with van der Waals surface area (Å²) in [6, 6.07) is 3.65. The van der Waals surface area contributed by atoms with Crippen LogP contribution in [0.4, 0.5) is 5.69 Å². The monoisotopic (exact) mass is 221 g/mol. The van der Waals surface area contributed by atoms with Crippen molar-refractivity contribution >= 4 is 11.6 Å². The van der Waals surface area contributed by atoms with Crippen LogP contribution in [0.25, 0.3) is 0 Å². The molecule has 1 fully saturated rings. The highest BCUT2D eigenvalue weighted by molar-refractivity contribution is 5.90. The first-order valence-corrected chi connectivity index (χ1v) is 5.35. The summed E-state index contributed by atoms with van der Waals surface area (Å²) >= 11 is 0. The Morgan fingerprint density at radius 1 is 1.56 bits per heavy atom. The summed E-state index contributed by atoms with van der Waals surface area (Å²) < 4.78 is 5.28. The van der Waals surface area contributed by atoms with Gasteiger partial charge >= 0.3 is 0 Å². The molecule has 2 rings (SSSR count). The largest absolute Gasteiger partial charge is 0.378 e. The normalized spacial score (nSPS) is 20.4. The number of carbonyl (C=O) groups excluding carboxylic acids is 1. The predicted octanol–water partition coefficient (Wildman–Crippen LogP) is 0.399. The molecule has 1 atom stereocenters. The van der Waals surface area contributed by atoms with Crippen LogP contribution in [0.1, 0.15) is 6.42 Å². The summed E-state index contributed by atoms with van der Waals surface area (Å²) in [7, 11) is 0. The van der Waals surface area contributed by atoms with Crippen LogP contribution in [-0.4, -0.2) is 36.7 Å². The molecule has 2 N–H and O–H groups in total. The van der Waals surface area contributed by atoms with Crippen molar-refractivity contribution < 1.29 is 9.53 Å². The first-order valence-electron chi connectivity index (χ1n) is 5.35. The topological polar surface area (TPSA) is 63.2 Å². The van der Waals surface area contributed by atoms with Crippen molar-refractivity contribution in [1.82, 2.24) is 10.3 Å². The van der Waals surface area contributed by atoms with Crippen LogP contribution in [0, 0.1) is 0 Å². The van der Waals surface area contributed by atoms with Gasteiger partial charge in [-0.05, 0) is 12.1 Å². The van der Waals surface area contributed by atoms with Gasteiger partial charge in [-0.25, -0.2) is 0 Å². The maximum atomic E-state index is 11.7. The number of rotatable bonds is 3. The maximum Gasteiger partial charge on any atom is 0.226 e. The third-order valence-corrected chi connectivity index (χ3v) is 2.39. The fraction of sp³-hybridized carbons (Fsp3) is 0.455. The summed E-state index contributed by atoms with van der Waals surface area (Å²) in [4.78, 5) is 15.5. The lowest BCUT2D eigenvalue weighted by Gasteiger charge is -2.23. The van der Waals surface area contributed by atoms with E-state index in [1.54, 1.807) is 24.5 Å². The van der Waals surface area contributed by atoms with Crippen LogP contribution < -0.4 is 10.6 Å². The average Bonchev–Trinajstić information content (AvgIpc) is 2.31. The van der Waals surface area contributed by atoms with E-state index in [0.717, 1.165) is 18.8 Å². The Morgan fingerprint density at radius 2 is 2.38 bits per heavy atom. The van der Waals surface area contributed by atoms with Crippen molar-refractivity contribution in [2.75, 3.05) is 25.1 Å². The lowest BCUT2D eigenvalue weighted by atomic mass is 10.2. The van der Waals surface area contributed by atoms with Crippen molar-refractivity contribution in [2.45, 2.75) is 12.5 Å². The summed E-state index contributed by atoms with van der Waals surface area (Å²) in [5.74, 6) is -0.00537. The van der Waals surface area contributed by atoms with E-state index < -0.39 is 0 Å². The van der Waals surface area contributed by atoms with E-state index in [1.165, 1.54) is 0 Å². The summed E-state index contributed by atoms with van der Waals surface area (Å²) in [6.45, 7) is 2.14. The molecule has 0 aromatic carbocycles. The van der Waals surface area contributed by atoms with Crippen LogP contribution in [0.2, 0.25) is 0 Å². The first kappa shape index (κ1) is 11.0. The lowest BCUT2D eigenvalue weighted by Crippen LogP contribution is -2.43. The molecule has 0 radical (unpaired) electrons. The van der Waals surface area contributed by atoms with Gasteiger partial charge in [0.2, 0.25) is 5.91 Å². The van der Waals surface area contributed by atoms with Crippen molar-refractivity contribution in [3.63, 3.8) is 0 Å². The van der Waals surface area contributed by atoms with E-state index in [1.807, 2.05) is 0 Å². The second-order valence-corrected chi connectivity index (χ2v) is 3.71. The second-order valence-electron chi connectivity index (χ2n) is 3.71. The lowest BCUT2D eigenvalue weighted by molar-refractivity contribution is -0.117. The van der Waals surface area contributed by atoms with Crippen LogP contribution >= 0.6 is 0 Å². The Hall–Kier alpha value is -1.46. The zero-order valence-corrected chi connectivity index (χ0v) is 8.98. The van der Waals surface area contributed by atoms with Gasteiger partial charge in [-0.15, -0.1) is 0 Å². The van der Waals surface area contributed by atoms with Crippen LogP contribution in [0.5, 0.6) is 0 Å². The smallest absolute Gasteiger partial charge is 0.226 e. The number of hydrogen-bond acceptors (Lipinski definition) is 4. The molecule has 1 saturated heterocycles. The van der Waals surface area contributed by atoms with Gasteiger partial charge in [-0.1, -0.05) is 0 Å². The molecule has 0 saturated carbocycles. The molecule has 1 unspecified atom stereocenters. The molecule has 1 amide bonds. The van der Waals surface area contributed by atoms with Gasteiger partial charge in [0.1, 0.15) is 0 Å². The van der Waals surface area contributed by atoms with E-state index in [4.69, 9.17) is 4.74 Å². The Kier molecular flexibility index (Phi) is 3.85. The number of pyridine rings is 1. The first-order chi connectivity index (χ1) is 7.84. The Bertz CT molecular complexity index is 336. The summed E-state index contributed by atoms with van der Waals surface area (Å²) in [5, 5.41) is 6.05. The zero-order valence-electron chi connectivity index (χ0n) is 8.98. The van der Waals surface area contributed by atoms with Crippen molar-refractivity contribution in [1.29, 1.82) is 0 Å². The Balaban J connectivity index is 1.80. The highest BCUT2D eigenvalue weighted by atomic mass is 16.5. The third-order valence-electron chi connectivity index (χ3n) is 2.39. The molecule has 1 aliphatic rings. The average molecular weight is 221 g/mol. The van der Waals surface area contributed by atoms with Gasteiger partial charge in [-0.2, -0.15) is 0 Å². The minimum absolute atomic E-state index is 0.00537. The molecular weight excluding hydrogens is 206 g/mol. The molecule has 0 aliphatic carbocycles. The quantitative estimate of drug-likeness (QED) is 0.775. The molecule has 1 aromatic rings. The number of anilines is 1. The third kappa shape index (κ3) is 3.29. The molecule has 86 valence electrons. The fourth-order valence-electron chi connectivity index (χ4n) is 1.62. The highest BCUT2D eigenvalue weighted by Crippen LogP contribution is 2.05. The molecule has 1 aromatic heterocycles. The van der Waals surface area contributed by atoms with E-state index in [-0.39, 0.29) is 11.9 Å². The maximum absolute atomic E-state index is 11.7. The van der Waals surface area contributed by atoms with Crippen molar-refractivity contribution in [2.24, 2.45) is 0 Å². The molecule has 16 heavy (non-hydrogen) atoms. The fourth-order valence-corrected chi connectivity index (χ4v) is 1.62. The highest BCUT2D eigenvalue weighted by Gasteiger charge is 2.16. The Morgan fingerprint density at radius 3 is 3.06 bits per heavy atom. The molecular formula is C11H15N3O2. The molecule has 1 aliphatic heterocycles. The molecule has 5 nitrogen and oxygen atoms in total. The Labute approximate surface area is 94.2 Å². The van der Waals surface area contributed by atoms with Gasteiger partial charge in [0, 0.05) is 37.1 Å². The van der Waals surface area contributed by atoms with Gasteiger partial charge in [-0.3, -0.25) is 9.78 Å². The number of aromatic nitrogens is 1. The number of morpholine rings is 1. The van der Waals surface area contributed by atoms with E-state index in [2.05, 4.69) is 15.6 Å². The minimum atomic E-state index is -0.00537. The van der Waals surface area contributed by atoms with Crippen molar-refractivity contribution in [3.8, 4) is 0 Å². The number of ether oxygens (including phenoxy) is 1. The van der Waals surface area contributed by atoms with Crippen LogP contribution in [-0.2, 0) is 9.53 Å². The standard InChI is InChI=1S/C11H15N3O2/c15-11(7-10-8-16-6-5-13-10)14-9-1-3-12-4-2-9/h1-4,10,13H,5-8H2,(H,12,14,15). The summed E-state index contributed by atoms with van der Waals surface area (Å²) in [6.07, 6.45) is 3.73. The van der Waals surface area contributed by atoms with E-state index >= 15 is 0 Å². The number of hydrogen-bond donors (Lipinski definition) is 2. The number of carbonyl (C=O) groups is 1. The van der Waals surface area contributed by atoms with Crippen LogP contribution in [0.15, 0.2) is 24.5 Å². The van der Waals surface area contributed by atoms with Gasteiger partial charge in [0.15, 0.2) is 0 Å². The molecule has 2 heterocycles. The molecule has 5 heteroatoms. The van der Waals surface area contributed by atoms with Gasteiger partial charge < -0.3 is 15.4 Å². The van der Waals surface area contributed by atoms with Crippen LogP contribution in [0.3, 0.4) is 0 Å². The van der Waals surface area contributed by atoms with Gasteiger partial charge in [0.05, 0.1) is 13.2 Å². The predicted molar refractivity (Wildman–Crippen MR) is 60.1 cm³/mol. The number of nitrogens with one attached hydrogen (secondary N) is 2. The summed E-state index contributed by atoms with van der Waals surface area (Å²) in [5.41, 5.74) is 0.775.